The number of nitro benzene ring substituents is 1. The van der Waals surface area contributed by atoms with Gasteiger partial charge in [0.05, 0.1) is 11.1 Å². The van der Waals surface area contributed by atoms with E-state index in [1.54, 1.807) is 19.0 Å². The third kappa shape index (κ3) is 5.16. The van der Waals surface area contributed by atoms with E-state index >= 15 is 0 Å². The van der Waals surface area contributed by atoms with Gasteiger partial charge in [0.2, 0.25) is 23.6 Å². The molecule has 0 aliphatic heterocycles. The number of nitro groups is 1. The SMILES string of the molecule is CN(C)c1nc(NCc2ccccc2)nc(N/N=C\c2cccc([N+](=O)[O-])c2O)n1. The summed E-state index contributed by atoms with van der Waals surface area (Å²) in [6.07, 6.45) is 1.25. The maximum Gasteiger partial charge on any atom is 0.311 e. The molecule has 1 aromatic heterocycles. The summed E-state index contributed by atoms with van der Waals surface area (Å²) < 4.78 is 0. The van der Waals surface area contributed by atoms with Gasteiger partial charge in [-0.25, -0.2) is 5.43 Å². The molecule has 3 rings (SSSR count). The number of hydrazone groups is 1. The van der Waals surface area contributed by atoms with Crippen LogP contribution in [-0.4, -0.2) is 45.3 Å². The van der Waals surface area contributed by atoms with Gasteiger partial charge in [-0.15, -0.1) is 0 Å². The van der Waals surface area contributed by atoms with Crippen molar-refractivity contribution in [2.75, 3.05) is 29.7 Å². The highest BCUT2D eigenvalue weighted by Gasteiger charge is 2.15. The maximum atomic E-state index is 10.9. The predicted octanol–water partition coefficient (Wildman–Crippen LogP) is 2.61. The summed E-state index contributed by atoms with van der Waals surface area (Å²) >= 11 is 0. The van der Waals surface area contributed by atoms with Gasteiger partial charge in [-0.2, -0.15) is 20.1 Å². The van der Waals surface area contributed by atoms with Gasteiger partial charge in [0.25, 0.3) is 0 Å². The second-order valence-corrected chi connectivity index (χ2v) is 6.36. The Kier molecular flexibility index (Phi) is 6.33. The van der Waals surface area contributed by atoms with Crippen LogP contribution in [0.2, 0.25) is 0 Å². The first kappa shape index (κ1) is 20.5. The lowest BCUT2D eigenvalue weighted by Gasteiger charge is -2.13. The van der Waals surface area contributed by atoms with Crippen molar-refractivity contribution >= 4 is 29.7 Å². The smallest absolute Gasteiger partial charge is 0.311 e. The molecular formula is C19H20N8O3. The Morgan fingerprint density at radius 1 is 1.10 bits per heavy atom. The molecule has 0 radical (unpaired) electrons. The monoisotopic (exact) mass is 408 g/mol. The lowest BCUT2D eigenvalue weighted by molar-refractivity contribution is -0.385. The van der Waals surface area contributed by atoms with Crippen molar-refractivity contribution < 1.29 is 10.0 Å². The van der Waals surface area contributed by atoms with Crippen molar-refractivity contribution in [3.8, 4) is 5.75 Å². The topological polar surface area (TPSA) is 142 Å². The van der Waals surface area contributed by atoms with Gasteiger partial charge in [0.15, 0.2) is 0 Å². The van der Waals surface area contributed by atoms with Crippen LogP contribution in [0.4, 0.5) is 23.5 Å². The van der Waals surface area contributed by atoms with Gasteiger partial charge in [-0.05, 0) is 11.6 Å². The summed E-state index contributed by atoms with van der Waals surface area (Å²) in [5.74, 6) is 0.471. The number of aromatic nitrogens is 3. The van der Waals surface area contributed by atoms with E-state index in [1.807, 2.05) is 30.3 Å². The van der Waals surface area contributed by atoms with Gasteiger partial charge in [0, 0.05) is 32.3 Å². The Hall–Kier alpha value is -4.28. The number of para-hydroxylation sites is 1. The quantitative estimate of drug-likeness (QED) is 0.291. The van der Waals surface area contributed by atoms with Crippen LogP contribution >= 0.6 is 0 Å². The Morgan fingerprint density at radius 2 is 1.83 bits per heavy atom. The van der Waals surface area contributed by atoms with E-state index in [0.717, 1.165) is 5.56 Å². The second kappa shape index (κ2) is 9.28. The fourth-order valence-electron chi connectivity index (χ4n) is 2.43. The van der Waals surface area contributed by atoms with Gasteiger partial charge in [-0.3, -0.25) is 10.1 Å². The van der Waals surface area contributed by atoms with Crippen LogP contribution < -0.4 is 15.6 Å². The van der Waals surface area contributed by atoms with Crippen LogP contribution in [0.5, 0.6) is 5.75 Å². The molecule has 0 aliphatic carbocycles. The molecule has 0 atom stereocenters. The Balaban J connectivity index is 1.76. The zero-order valence-electron chi connectivity index (χ0n) is 16.4. The third-order valence-corrected chi connectivity index (χ3v) is 3.93. The molecule has 0 bridgehead atoms. The number of phenolic OH excluding ortho intramolecular Hbond substituents is 1. The molecule has 0 fully saturated rings. The van der Waals surface area contributed by atoms with Gasteiger partial charge >= 0.3 is 5.69 Å². The summed E-state index contributed by atoms with van der Waals surface area (Å²) in [6.45, 7) is 0.530. The predicted molar refractivity (Wildman–Crippen MR) is 114 cm³/mol. The molecule has 11 nitrogen and oxygen atoms in total. The number of hydrogen-bond donors (Lipinski definition) is 3. The molecule has 30 heavy (non-hydrogen) atoms. The summed E-state index contributed by atoms with van der Waals surface area (Å²) in [6, 6.07) is 14.0. The van der Waals surface area contributed by atoms with E-state index in [0.29, 0.717) is 18.4 Å². The summed E-state index contributed by atoms with van der Waals surface area (Å²) in [7, 11) is 3.59. The average Bonchev–Trinajstić information content (AvgIpc) is 2.74. The molecule has 154 valence electrons. The van der Waals surface area contributed by atoms with Gasteiger partial charge < -0.3 is 15.3 Å². The van der Waals surface area contributed by atoms with E-state index in [-0.39, 0.29) is 11.5 Å². The molecule has 0 spiro atoms. The lowest BCUT2D eigenvalue weighted by atomic mass is 10.2. The van der Waals surface area contributed by atoms with E-state index in [4.69, 9.17) is 0 Å². The van der Waals surface area contributed by atoms with Crippen molar-refractivity contribution in [2.24, 2.45) is 5.10 Å². The van der Waals surface area contributed by atoms with E-state index in [9.17, 15) is 15.2 Å². The van der Waals surface area contributed by atoms with Crippen LogP contribution in [-0.2, 0) is 6.54 Å². The summed E-state index contributed by atoms with van der Waals surface area (Å²) in [4.78, 5) is 24.8. The van der Waals surface area contributed by atoms with Crippen LogP contribution in [0.3, 0.4) is 0 Å². The van der Waals surface area contributed by atoms with Crippen molar-refractivity contribution in [3.63, 3.8) is 0 Å². The van der Waals surface area contributed by atoms with E-state index < -0.39 is 16.4 Å². The Morgan fingerprint density at radius 3 is 2.53 bits per heavy atom. The number of anilines is 3. The largest absolute Gasteiger partial charge is 0.502 e. The molecule has 1 heterocycles. The van der Waals surface area contributed by atoms with Crippen LogP contribution in [0, 0.1) is 10.1 Å². The first-order valence-corrected chi connectivity index (χ1v) is 8.90. The number of hydrogen-bond acceptors (Lipinski definition) is 10. The van der Waals surface area contributed by atoms with Crippen LogP contribution in [0.1, 0.15) is 11.1 Å². The normalized spacial score (nSPS) is 10.7. The number of nitrogens with one attached hydrogen (secondary N) is 2. The minimum atomic E-state index is -0.667. The minimum absolute atomic E-state index is 0.172. The number of rotatable bonds is 8. The fourth-order valence-corrected chi connectivity index (χ4v) is 2.43. The third-order valence-electron chi connectivity index (χ3n) is 3.93. The standard InChI is InChI=1S/C19H20N8O3/c1-26(2)19-23-17(20-11-13-7-4-3-5-8-13)22-18(24-19)25-21-12-14-9-6-10-15(16(14)28)27(29)30/h3-10,12,28H,11H2,1-2H3,(H2,20,22,23,24,25)/b21-12-. The maximum absolute atomic E-state index is 10.9. The molecule has 0 saturated heterocycles. The van der Waals surface area contributed by atoms with E-state index in [1.165, 1.54) is 24.4 Å². The number of nitrogens with zero attached hydrogens (tertiary/aromatic N) is 6. The van der Waals surface area contributed by atoms with Crippen molar-refractivity contribution in [2.45, 2.75) is 6.54 Å². The van der Waals surface area contributed by atoms with Crippen LogP contribution in [0.15, 0.2) is 53.6 Å². The highest BCUT2D eigenvalue weighted by atomic mass is 16.6. The lowest BCUT2D eigenvalue weighted by Crippen LogP contribution is -2.16. The highest BCUT2D eigenvalue weighted by Crippen LogP contribution is 2.28. The van der Waals surface area contributed by atoms with Crippen molar-refractivity contribution in [1.82, 2.24) is 15.0 Å². The zero-order chi connectivity index (χ0) is 21.5. The molecule has 3 aromatic rings. The molecule has 0 aliphatic rings. The average molecular weight is 408 g/mol. The molecule has 0 amide bonds. The summed E-state index contributed by atoms with van der Waals surface area (Å²) in [5, 5.41) is 28.0. The van der Waals surface area contributed by atoms with Gasteiger partial charge in [-0.1, -0.05) is 36.4 Å². The zero-order valence-corrected chi connectivity index (χ0v) is 16.4. The molecule has 2 aromatic carbocycles. The summed E-state index contributed by atoms with van der Waals surface area (Å²) in [5.41, 5.74) is 3.51. The Bertz CT molecular complexity index is 1060. The Labute approximate surface area is 172 Å². The minimum Gasteiger partial charge on any atom is -0.502 e. The first-order chi connectivity index (χ1) is 14.4. The number of benzene rings is 2. The van der Waals surface area contributed by atoms with Crippen LogP contribution in [0.25, 0.3) is 0 Å². The van der Waals surface area contributed by atoms with Crippen molar-refractivity contribution in [3.05, 3.63) is 69.8 Å². The second-order valence-electron chi connectivity index (χ2n) is 6.36. The van der Waals surface area contributed by atoms with E-state index in [2.05, 4.69) is 30.8 Å². The van der Waals surface area contributed by atoms with Crippen molar-refractivity contribution in [1.29, 1.82) is 0 Å². The molecule has 0 saturated carbocycles. The number of aromatic hydroxyl groups is 1. The first-order valence-electron chi connectivity index (χ1n) is 8.90. The molecule has 3 N–H and O–H groups in total. The molecule has 11 heteroatoms. The highest BCUT2D eigenvalue weighted by molar-refractivity contribution is 5.85. The molecule has 0 unspecified atom stereocenters. The number of phenols is 1. The molecular weight excluding hydrogens is 388 g/mol. The van der Waals surface area contributed by atoms with Gasteiger partial charge in [0.1, 0.15) is 0 Å². The fraction of sp³-hybridized carbons (Fsp3) is 0.158.